The lowest BCUT2D eigenvalue weighted by molar-refractivity contribution is -0.125. The van der Waals surface area contributed by atoms with E-state index in [0.29, 0.717) is 12.8 Å². The Morgan fingerprint density at radius 1 is 0.585 bits per heavy atom. The van der Waals surface area contributed by atoms with Crippen LogP contribution in [0.3, 0.4) is 0 Å². The zero-order valence-corrected chi connectivity index (χ0v) is 27.4. The Morgan fingerprint density at radius 3 is 1.49 bits per heavy atom. The van der Waals surface area contributed by atoms with Crippen LogP contribution in [0.5, 0.6) is 0 Å². The lowest BCUT2D eigenvalue weighted by atomic mass is 10.0. The van der Waals surface area contributed by atoms with E-state index in [2.05, 4.69) is 31.3 Å². The molecule has 4 N–H and O–H groups in total. The normalized spacial score (nSPS) is 14.0. The predicted octanol–water partition coefficient (Wildman–Crippen LogP) is 9.31. The van der Waals surface area contributed by atoms with E-state index in [9.17, 15) is 20.1 Å². The van der Waals surface area contributed by atoms with Gasteiger partial charge in [-0.15, -0.1) is 0 Å². The molecule has 41 heavy (non-hydrogen) atoms. The SMILES string of the molecule is CCCC/C=C\CCCCCC(O)CC(=O)NC(CO)C(O)CCCCCCCCCCCCCCCCCCC. The van der Waals surface area contributed by atoms with Crippen LogP contribution in [0, 0.1) is 0 Å². The zero-order valence-electron chi connectivity index (χ0n) is 27.4. The number of hydrogen-bond donors (Lipinski definition) is 4. The highest BCUT2D eigenvalue weighted by Crippen LogP contribution is 2.15. The van der Waals surface area contributed by atoms with Crippen molar-refractivity contribution in [1.82, 2.24) is 5.32 Å². The van der Waals surface area contributed by atoms with Crippen molar-refractivity contribution < 1.29 is 20.1 Å². The second-order valence-electron chi connectivity index (χ2n) is 12.5. The Labute approximate surface area is 255 Å². The van der Waals surface area contributed by atoms with Gasteiger partial charge in [-0.25, -0.2) is 0 Å². The van der Waals surface area contributed by atoms with E-state index in [1.807, 2.05) is 0 Å². The zero-order chi connectivity index (χ0) is 30.2. The van der Waals surface area contributed by atoms with E-state index in [1.165, 1.54) is 109 Å². The molecule has 5 nitrogen and oxygen atoms in total. The second-order valence-corrected chi connectivity index (χ2v) is 12.5. The minimum atomic E-state index is -0.747. The van der Waals surface area contributed by atoms with Crippen molar-refractivity contribution in [2.24, 2.45) is 0 Å². The number of aliphatic hydroxyl groups is 3. The summed E-state index contributed by atoms with van der Waals surface area (Å²) in [5.74, 6) is -0.295. The Bertz CT molecular complexity index is 568. The lowest BCUT2D eigenvalue weighted by Gasteiger charge is -2.23. The molecule has 0 aromatic rings. The smallest absolute Gasteiger partial charge is 0.222 e. The average Bonchev–Trinajstić information content (AvgIpc) is 2.96. The van der Waals surface area contributed by atoms with Gasteiger partial charge in [-0.2, -0.15) is 0 Å². The van der Waals surface area contributed by atoms with Gasteiger partial charge in [-0.3, -0.25) is 4.79 Å². The fourth-order valence-electron chi connectivity index (χ4n) is 5.50. The maximum absolute atomic E-state index is 12.3. The molecule has 0 saturated carbocycles. The first-order valence-corrected chi connectivity index (χ1v) is 18.0. The number of aliphatic hydroxyl groups excluding tert-OH is 3. The third kappa shape index (κ3) is 29.0. The molecule has 0 spiro atoms. The second kappa shape index (κ2) is 32.0. The fraction of sp³-hybridized carbons (Fsp3) is 0.917. The largest absolute Gasteiger partial charge is 0.394 e. The third-order valence-electron chi connectivity index (χ3n) is 8.33. The van der Waals surface area contributed by atoms with Gasteiger partial charge in [0.15, 0.2) is 0 Å². The Kier molecular flexibility index (Phi) is 31.3. The molecular formula is C36H71NO4. The van der Waals surface area contributed by atoms with Crippen molar-refractivity contribution >= 4 is 5.91 Å². The van der Waals surface area contributed by atoms with Gasteiger partial charge < -0.3 is 20.6 Å². The summed E-state index contributed by atoms with van der Waals surface area (Å²) in [4.78, 5) is 12.3. The van der Waals surface area contributed by atoms with Gasteiger partial charge in [0.2, 0.25) is 5.91 Å². The molecule has 5 heteroatoms. The Hall–Kier alpha value is -0.910. The van der Waals surface area contributed by atoms with Crippen LogP contribution in [0.15, 0.2) is 12.2 Å². The van der Waals surface area contributed by atoms with Crippen LogP contribution >= 0.6 is 0 Å². The van der Waals surface area contributed by atoms with Gasteiger partial charge >= 0.3 is 0 Å². The monoisotopic (exact) mass is 582 g/mol. The number of carbonyl (C=O) groups is 1. The summed E-state index contributed by atoms with van der Waals surface area (Å²) >= 11 is 0. The highest BCUT2D eigenvalue weighted by molar-refractivity contribution is 5.76. The van der Waals surface area contributed by atoms with Crippen LogP contribution in [-0.2, 0) is 4.79 Å². The van der Waals surface area contributed by atoms with Gasteiger partial charge in [0, 0.05) is 0 Å². The molecular weight excluding hydrogens is 510 g/mol. The van der Waals surface area contributed by atoms with E-state index in [4.69, 9.17) is 0 Å². The first-order chi connectivity index (χ1) is 20.0. The first-order valence-electron chi connectivity index (χ1n) is 18.0. The van der Waals surface area contributed by atoms with Crippen molar-refractivity contribution in [3.63, 3.8) is 0 Å². The van der Waals surface area contributed by atoms with Crippen LogP contribution in [0.25, 0.3) is 0 Å². The third-order valence-corrected chi connectivity index (χ3v) is 8.33. The number of unbranched alkanes of at least 4 members (excludes halogenated alkanes) is 21. The van der Waals surface area contributed by atoms with Crippen molar-refractivity contribution in [2.45, 2.75) is 205 Å². The minimum Gasteiger partial charge on any atom is -0.394 e. The number of hydrogen-bond acceptors (Lipinski definition) is 4. The van der Waals surface area contributed by atoms with Crippen LogP contribution in [0.4, 0.5) is 0 Å². The molecule has 1 amide bonds. The minimum absolute atomic E-state index is 0.0270. The van der Waals surface area contributed by atoms with Crippen LogP contribution in [0.1, 0.15) is 187 Å². The molecule has 0 rings (SSSR count). The van der Waals surface area contributed by atoms with Gasteiger partial charge in [-0.1, -0.05) is 161 Å². The molecule has 0 aliphatic heterocycles. The molecule has 0 heterocycles. The van der Waals surface area contributed by atoms with E-state index in [1.54, 1.807) is 0 Å². The van der Waals surface area contributed by atoms with Crippen molar-refractivity contribution in [1.29, 1.82) is 0 Å². The molecule has 0 aromatic carbocycles. The number of nitrogens with one attached hydrogen (secondary N) is 1. The molecule has 0 radical (unpaired) electrons. The molecule has 3 atom stereocenters. The summed E-state index contributed by atoms with van der Waals surface area (Å²) < 4.78 is 0. The number of rotatable bonds is 32. The van der Waals surface area contributed by atoms with Crippen molar-refractivity contribution in [3.8, 4) is 0 Å². The molecule has 0 fully saturated rings. The molecule has 3 unspecified atom stereocenters. The Morgan fingerprint density at radius 2 is 1.00 bits per heavy atom. The van der Waals surface area contributed by atoms with Gasteiger partial charge in [0.05, 0.1) is 31.3 Å². The number of carbonyl (C=O) groups excluding carboxylic acids is 1. The quantitative estimate of drug-likeness (QED) is 0.0471. The van der Waals surface area contributed by atoms with Crippen LogP contribution in [0.2, 0.25) is 0 Å². The lowest BCUT2D eigenvalue weighted by Crippen LogP contribution is -2.46. The van der Waals surface area contributed by atoms with E-state index < -0.39 is 18.2 Å². The van der Waals surface area contributed by atoms with E-state index >= 15 is 0 Å². The number of allylic oxidation sites excluding steroid dienone is 2. The van der Waals surface area contributed by atoms with Gasteiger partial charge in [0.1, 0.15) is 0 Å². The average molecular weight is 582 g/mol. The van der Waals surface area contributed by atoms with Crippen LogP contribution in [-0.4, -0.2) is 46.1 Å². The molecule has 0 aliphatic rings. The van der Waals surface area contributed by atoms with E-state index in [-0.39, 0.29) is 18.9 Å². The summed E-state index contributed by atoms with van der Waals surface area (Å²) in [6.45, 7) is 4.19. The topological polar surface area (TPSA) is 89.8 Å². The standard InChI is InChI=1S/C36H71NO4/c1-3-5-7-9-11-13-14-15-16-17-18-19-20-22-24-26-28-30-35(40)34(32-38)37-36(41)31-33(39)29-27-25-23-21-12-10-8-6-4-2/h10,12,33-35,38-40H,3-9,11,13-32H2,1-2H3,(H,37,41)/b12-10-. The molecule has 0 aliphatic carbocycles. The summed E-state index contributed by atoms with van der Waals surface area (Å²) in [7, 11) is 0. The highest BCUT2D eigenvalue weighted by atomic mass is 16.3. The Balaban J connectivity index is 3.65. The van der Waals surface area contributed by atoms with Gasteiger partial charge in [-0.05, 0) is 32.1 Å². The van der Waals surface area contributed by atoms with Gasteiger partial charge in [0.25, 0.3) is 0 Å². The molecule has 244 valence electrons. The van der Waals surface area contributed by atoms with Crippen molar-refractivity contribution in [2.75, 3.05) is 6.61 Å². The fourth-order valence-corrected chi connectivity index (χ4v) is 5.50. The highest BCUT2D eigenvalue weighted by Gasteiger charge is 2.21. The summed E-state index contributed by atoms with van der Waals surface area (Å²) in [5.41, 5.74) is 0. The molecule has 0 bridgehead atoms. The van der Waals surface area contributed by atoms with Crippen molar-refractivity contribution in [3.05, 3.63) is 12.2 Å². The molecule has 0 aromatic heterocycles. The maximum Gasteiger partial charge on any atom is 0.222 e. The summed E-state index contributed by atoms with van der Waals surface area (Å²) in [6, 6.07) is -0.657. The van der Waals surface area contributed by atoms with Crippen LogP contribution < -0.4 is 5.32 Å². The first kappa shape index (κ1) is 40.1. The summed E-state index contributed by atoms with van der Waals surface area (Å²) in [5, 5.41) is 33.1. The van der Waals surface area contributed by atoms with E-state index in [0.717, 1.165) is 44.9 Å². The predicted molar refractivity (Wildman–Crippen MR) is 176 cm³/mol. The maximum atomic E-state index is 12.3. The molecule has 0 saturated heterocycles. The number of amides is 1. The summed E-state index contributed by atoms with van der Waals surface area (Å²) in [6.07, 6.45) is 34.5.